The molecule has 0 saturated carbocycles. The topological polar surface area (TPSA) is 35.5 Å². The predicted octanol–water partition coefficient (Wildman–Crippen LogP) is 2.55. The summed E-state index contributed by atoms with van der Waals surface area (Å²) in [4.78, 5) is 11.0. The molecular weight excluding hydrogens is 227 g/mol. The number of carbonyl (C=O) groups is 1. The zero-order valence-corrected chi connectivity index (χ0v) is 8.93. The van der Waals surface area contributed by atoms with Crippen molar-refractivity contribution in [3.05, 3.63) is 28.2 Å². The second kappa shape index (κ2) is 5.20. The molecule has 0 aliphatic heterocycles. The summed E-state index contributed by atoms with van der Waals surface area (Å²) < 4.78 is 9.48. The number of esters is 1. The first-order valence-corrected chi connectivity index (χ1v) is 4.53. The van der Waals surface area contributed by atoms with E-state index in [0.29, 0.717) is 15.8 Å². The Balaban J connectivity index is 2.68. The van der Waals surface area contributed by atoms with Gasteiger partial charge in [0.2, 0.25) is 0 Å². The molecule has 1 aromatic rings. The van der Waals surface area contributed by atoms with Crippen molar-refractivity contribution in [3.8, 4) is 5.75 Å². The molecule has 0 N–H and O–H groups in total. The lowest BCUT2D eigenvalue weighted by atomic mass is 10.3. The molecule has 1 aromatic carbocycles. The van der Waals surface area contributed by atoms with Crippen molar-refractivity contribution in [2.24, 2.45) is 0 Å². The van der Waals surface area contributed by atoms with Gasteiger partial charge in [-0.2, -0.15) is 0 Å². The Bertz CT molecular complexity index is 339. The van der Waals surface area contributed by atoms with Crippen LogP contribution in [0.5, 0.6) is 5.75 Å². The van der Waals surface area contributed by atoms with Crippen LogP contribution in [0.1, 0.15) is 0 Å². The number of benzene rings is 1. The maximum Gasteiger partial charge on any atom is 0.337 e. The molecule has 3 nitrogen and oxygen atoms in total. The first kappa shape index (κ1) is 11.3. The molecule has 5 heteroatoms. The lowest BCUT2D eigenvalue weighted by molar-refractivity contribution is -0.138. The van der Waals surface area contributed by atoms with E-state index >= 15 is 0 Å². The minimum Gasteiger partial charge on any atom is -0.425 e. The standard InChI is InChI=1S/C9H8Cl2O3/c1-13-5-9(12)14-6-2-3-7(10)8(11)4-6/h2-4H,5H2,1H3. The Morgan fingerprint density at radius 1 is 1.36 bits per heavy atom. The SMILES string of the molecule is COCC(=O)Oc1ccc(Cl)c(Cl)c1. The van der Waals surface area contributed by atoms with Crippen LogP contribution in [0.3, 0.4) is 0 Å². The van der Waals surface area contributed by atoms with Crippen LogP contribution in [0.25, 0.3) is 0 Å². The average Bonchev–Trinajstić information content (AvgIpc) is 2.12. The van der Waals surface area contributed by atoms with Gasteiger partial charge in [-0.25, -0.2) is 4.79 Å². The highest BCUT2D eigenvalue weighted by Gasteiger charge is 2.05. The van der Waals surface area contributed by atoms with Crippen molar-refractivity contribution >= 4 is 29.2 Å². The number of hydrogen-bond donors (Lipinski definition) is 0. The molecule has 0 fully saturated rings. The van der Waals surface area contributed by atoms with Gasteiger partial charge in [0.05, 0.1) is 10.0 Å². The quantitative estimate of drug-likeness (QED) is 0.596. The van der Waals surface area contributed by atoms with Crippen molar-refractivity contribution in [1.29, 1.82) is 0 Å². The smallest absolute Gasteiger partial charge is 0.337 e. The largest absolute Gasteiger partial charge is 0.425 e. The molecule has 0 atom stereocenters. The summed E-state index contributed by atoms with van der Waals surface area (Å²) in [5.74, 6) is -0.132. The van der Waals surface area contributed by atoms with Crippen molar-refractivity contribution in [2.75, 3.05) is 13.7 Å². The summed E-state index contributed by atoms with van der Waals surface area (Å²) in [6.45, 7) is -0.0970. The van der Waals surface area contributed by atoms with Crippen LogP contribution in [-0.4, -0.2) is 19.7 Å². The Morgan fingerprint density at radius 2 is 2.07 bits per heavy atom. The molecular formula is C9H8Cl2O3. The molecule has 0 unspecified atom stereocenters. The minimum absolute atomic E-state index is 0.0970. The fourth-order valence-corrected chi connectivity index (χ4v) is 1.11. The zero-order valence-electron chi connectivity index (χ0n) is 7.42. The maximum absolute atomic E-state index is 11.0. The summed E-state index contributed by atoms with van der Waals surface area (Å²) in [7, 11) is 1.41. The van der Waals surface area contributed by atoms with E-state index in [1.165, 1.54) is 13.2 Å². The van der Waals surface area contributed by atoms with Gasteiger partial charge in [-0.1, -0.05) is 23.2 Å². The first-order valence-electron chi connectivity index (χ1n) is 3.78. The molecule has 0 heterocycles. The van der Waals surface area contributed by atoms with Gasteiger partial charge < -0.3 is 9.47 Å². The van der Waals surface area contributed by atoms with Gasteiger partial charge in [0, 0.05) is 13.2 Å². The van der Waals surface area contributed by atoms with Crippen LogP contribution in [0, 0.1) is 0 Å². The van der Waals surface area contributed by atoms with Crippen molar-refractivity contribution < 1.29 is 14.3 Å². The summed E-state index contributed by atoms with van der Waals surface area (Å²) in [5, 5.41) is 0.757. The Hall–Kier alpha value is -0.770. The molecule has 76 valence electrons. The Kier molecular flexibility index (Phi) is 4.20. The van der Waals surface area contributed by atoms with Crippen LogP contribution in [-0.2, 0) is 9.53 Å². The van der Waals surface area contributed by atoms with Crippen LogP contribution in [0.4, 0.5) is 0 Å². The van der Waals surface area contributed by atoms with Crippen LogP contribution < -0.4 is 4.74 Å². The van der Waals surface area contributed by atoms with Crippen molar-refractivity contribution in [3.63, 3.8) is 0 Å². The van der Waals surface area contributed by atoms with Gasteiger partial charge >= 0.3 is 5.97 Å². The van der Waals surface area contributed by atoms with Gasteiger partial charge in [-0.3, -0.25) is 0 Å². The zero-order chi connectivity index (χ0) is 10.6. The highest BCUT2D eigenvalue weighted by molar-refractivity contribution is 6.42. The number of carbonyl (C=O) groups excluding carboxylic acids is 1. The minimum atomic E-state index is -0.481. The van der Waals surface area contributed by atoms with Gasteiger partial charge in [-0.15, -0.1) is 0 Å². The van der Waals surface area contributed by atoms with Crippen LogP contribution in [0.2, 0.25) is 10.0 Å². The van der Waals surface area contributed by atoms with Crippen molar-refractivity contribution in [2.45, 2.75) is 0 Å². The average molecular weight is 235 g/mol. The molecule has 0 amide bonds. The highest BCUT2D eigenvalue weighted by Crippen LogP contribution is 2.26. The van der Waals surface area contributed by atoms with E-state index in [4.69, 9.17) is 27.9 Å². The number of rotatable bonds is 3. The molecule has 0 saturated heterocycles. The summed E-state index contributed by atoms with van der Waals surface area (Å²) >= 11 is 11.4. The highest BCUT2D eigenvalue weighted by atomic mass is 35.5. The van der Waals surface area contributed by atoms with E-state index in [9.17, 15) is 4.79 Å². The number of hydrogen-bond acceptors (Lipinski definition) is 3. The summed E-state index contributed by atoms with van der Waals surface area (Å²) in [5.41, 5.74) is 0. The third kappa shape index (κ3) is 3.18. The van der Waals surface area contributed by atoms with E-state index in [-0.39, 0.29) is 6.61 Å². The third-order valence-electron chi connectivity index (χ3n) is 1.38. The fourth-order valence-electron chi connectivity index (χ4n) is 0.819. The molecule has 0 bridgehead atoms. The van der Waals surface area contributed by atoms with E-state index in [0.717, 1.165) is 0 Å². The molecule has 1 rings (SSSR count). The second-order valence-electron chi connectivity index (χ2n) is 2.48. The van der Waals surface area contributed by atoms with Gasteiger partial charge in [0.1, 0.15) is 12.4 Å². The fraction of sp³-hybridized carbons (Fsp3) is 0.222. The Labute approximate surface area is 91.5 Å². The van der Waals surface area contributed by atoms with Crippen LogP contribution >= 0.6 is 23.2 Å². The van der Waals surface area contributed by atoms with Crippen LogP contribution in [0.15, 0.2) is 18.2 Å². The Morgan fingerprint density at radius 3 is 2.64 bits per heavy atom. The number of ether oxygens (including phenoxy) is 2. The third-order valence-corrected chi connectivity index (χ3v) is 2.12. The molecule has 0 radical (unpaired) electrons. The van der Waals surface area contributed by atoms with E-state index in [2.05, 4.69) is 4.74 Å². The number of halogens is 2. The summed E-state index contributed by atoms with van der Waals surface area (Å²) in [6.07, 6.45) is 0. The van der Waals surface area contributed by atoms with Gasteiger partial charge in [0.15, 0.2) is 0 Å². The molecule has 0 aliphatic carbocycles. The lowest BCUT2D eigenvalue weighted by Gasteiger charge is -2.04. The van der Waals surface area contributed by atoms with E-state index in [1.54, 1.807) is 12.1 Å². The second-order valence-corrected chi connectivity index (χ2v) is 3.30. The number of methoxy groups -OCH3 is 1. The molecule has 14 heavy (non-hydrogen) atoms. The van der Waals surface area contributed by atoms with Crippen molar-refractivity contribution in [1.82, 2.24) is 0 Å². The van der Waals surface area contributed by atoms with E-state index < -0.39 is 5.97 Å². The molecule has 0 aromatic heterocycles. The summed E-state index contributed by atoms with van der Waals surface area (Å²) in [6, 6.07) is 4.58. The molecule has 0 aliphatic rings. The first-order chi connectivity index (χ1) is 6.63. The monoisotopic (exact) mass is 234 g/mol. The van der Waals surface area contributed by atoms with Gasteiger partial charge in [-0.05, 0) is 12.1 Å². The lowest BCUT2D eigenvalue weighted by Crippen LogP contribution is -2.14. The predicted molar refractivity (Wildman–Crippen MR) is 54.0 cm³/mol. The maximum atomic E-state index is 11.0. The van der Waals surface area contributed by atoms with E-state index in [1.807, 2.05) is 0 Å². The van der Waals surface area contributed by atoms with Gasteiger partial charge in [0.25, 0.3) is 0 Å². The normalized spacial score (nSPS) is 9.93. The molecule has 0 spiro atoms.